The zero-order chi connectivity index (χ0) is 21.6. The Morgan fingerprint density at radius 2 is 1.71 bits per heavy atom. The molecule has 0 saturated carbocycles. The summed E-state index contributed by atoms with van der Waals surface area (Å²) in [5, 5.41) is 7.09. The number of aryl methyl sites for hydroxylation is 1. The first kappa shape index (κ1) is 21.5. The van der Waals surface area contributed by atoms with Crippen molar-refractivity contribution in [1.82, 2.24) is 19.9 Å². The van der Waals surface area contributed by atoms with Gasteiger partial charge in [-0.25, -0.2) is 0 Å². The highest BCUT2D eigenvalue weighted by Gasteiger charge is 2.21. The highest BCUT2D eigenvalue weighted by atomic mass is 32.2. The number of hydrogen-bond donors (Lipinski definition) is 1. The van der Waals surface area contributed by atoms with E-state index in [-0.39, 0.29) is 5.91 Å². The lowest BCUT2D eigenvalue weighted by molar-refractivity contribution is -0.117. The fourth-order valence-corrected chi connectivity index (χ4v) is 3.92. The number of carbonyl (C=O) groups is 1. The smallest absolute Gasteiger partial charge is 0.241 e. The van der Waals surface area contributed by atoms with Crippen LogP contribution in [0.5, 0.6) is 0 Å². The van der Waals surface area contributed by atoms with Crippen LogP contribution in [0.15, 0.2) is 57.9 Å². The molecule has 1 aliphatic rings. The average molecular weight is 438 g/mol. The van der Waals surface area contributed by atoms with Crippen molar-refractivity contribution in [3.8, 4) is 11.4 Å². The van der Waals surface area contributed by atoms with Crippen molar-refractivity contribution in [2.24, 2.45) is 0 Å². The highest BCUT2D eigenvalue weighted by Crippen LogP contribution is 2.21. The fraction of sp³-hybridized carbons (Fsp3) is 0.348. The zero-order valence-electron chi connectivity index (χ0n) is 17.9. The van der Waals surface area contributed by atoms with Crippen LogP contribution in [0, 0.1) is 6.92 Å². The standard InChI is InChI=1S/C23H27N5O2S/c1-17-3-7-19(8-4-17)24-21(29)15-27-11-13-28(14-12-27)16-22-25-23(26-30-22)18-5-9-20(31-2)10-6-18/h3-10H,11-16H2,1-2H3,(H,24,29). The monoisotopic (exact) mass is 437 g/mol. The van der Waals surface area contributed by atoms with E-state index in [0.717, 1.165) is 37.4 Å². The van der Waals surface area contributed by atoms with E-state index < -0.39 is 0 Å². The van der Waals surface area contributed by atoms with E-state index in [1.165, 1.54) is 10.5 Å². The van der Waals surface area contributed by atoms with Crippen molar-refractivity contribution in [3.05, 3.63) is 60.0 Å². The summed E-state index contributed by atoms with van der Waals surface area (Å²) < 4.78 is 5.46. The van der Waals surface area contributed by atoms with Crippen LogP contribution in [0.1, 0.15) is 11.5 Å². The number of benzene rings is 2. The summed E-state index contributed by atoms with van der Waals surface area (Å²) >= 11 is 1.71. The Morgan fingerprint density at radius 1 is 1.03 bits per heavy atom. The van der Waals surface area contributed by atoms with Gasteiger partial charge in [0.2, 0.25) is 17.6 Å². The molecule has 1 amide bonds. The molecule has 1 saturated heterocycles. The second kappa shape index (κ2) is 10.1. The van der Waals surface area contributed by atoms with Gasteiger partial charge < -0.3 is 9.84 Å². The molecule has 0 radical (unpaired) electrons. The molecule has 0 aliphatic carbocycles. The third-order valence-corrected chi connectivity index (χ3v) is 6.09. The largest absolute Gasteiger partial charge is 0.338 e. The van der Waals surface area contributed by atoms with E-state index in [1.807, 2.05) is 43.3 Å². The van der Waals surface area contributed by atoms with Crippen LogP contribution in [0.25, 0.3) is 11.4 Å². The lowest BCUT2D eigenvalue weighted by Crippen LogP contribution is -2.48. The molecule has 1 aliphatic heterocycles. The molecule has 0 bridgehead atoms. The summed E-state index contributed by atoms with van der Waals surface area (Å²) in [4.78, 5) is 22.5. The quantitative estimate of drug-likeness (QED) is 0.567. The molecule has 2 heterocycles. The van der Waals surface area contributed by atoms with Crippen molar-refractivity contribution >= 4 is 23.4 Å². The summed E-state index contributed by atoms with van der Waals surface area (Å²) in [6.45, 7) is 6.44. The number of hydrogen-bond acceptors (Lipinski definition) is 7. The Balaban J connectivity index is 1.23. The first-order chi connectivity index (χ1) is 15.1. The molecule has 162 valence electrons. The molecule has 1 N–H and O–H groups in total. The molecule has 31 heavy (non-hydrogen) atoms. The molecular weight excluding hydrogens is 410 g/mol. The van der Waals surface area contributed by atoms with E-state index in [9.17, 15) is 4.79 Å². The normalized spacial score (nSPS) is 15.2. The van der Waals surface area contributed by atoms with Crippen LogP contribution in [-0.4, -0.2) is 64.8 Å². The maximum atomic E-state index is 12.3. The molecule has 4 rings (SSSR count). The predicted octanol–water partition coefficient (Wildman–Crippen LogP) is 3.52. The third kappa shape index (κ3) is 5.94. The van der Waals surface area contributed by atoms with Crippen LogP contribution in [0.4, 0.5) is 5.69 Å². The van der Waals surface area contributed by atoms with Crippen LogP contribution < -0.4 is 5.32 Å². The Labute approximate surface area is 186 Å². The molecule has 8 heteroatoms. The van der Waals surface area contributed by atoms with Gasteiger partial charge in [0.05, 0.1) is 13.1 Å². The van der Waals surface area contributed by atoms with Crippen LogP contribution in [0.2, 0.25) is 0 Å². The van der Waals surface area contributed by atoms with Crippen molar-refractivity contribution in [1.29, 1.82) is 0 Å². The lowest BCUT2D eigenvalue weighted by atomic mass is 10.2. The Bertz CT molecular complexity index is 996. The molecular formula is C23H27N5O2S. The number of carbonyl (C=O) groups excluding carboxylic acids is 1. The third-order valence-electron chi connectivity index (χ3n) is 5.34. The van der Waals surface area contributed by atoms with Crippen molar-refractivity contribution < 1.29 is 9.32 Å². The van der Waals surface area contributed by atoms with Crippen molar-refractivity contribution in [2.45, 2.75) is 18.4 Å². The number of nitrogens with one attached hydrogen (secondary N) is 1. The van der Waals surface area contributed by atoms with Crippen molar-refractivity contribution in [2.75, 3.05) is 44.3 Å². The topological polar surface area (TPSA) is 74.5 Å². The number of rotatable bonds is 7. The minimum Gasteiger partial charge on any atom is -0.338 e. The Hall–Kier alpha value is -2.68. The van der Waals surface area contributed by atoms with Crippen LogP contribution >= 0.6 is 11.8 Å². The zero-order valence-corrected chi connectivity index (χ0v) is 18.7. The number of piperazine rings is 1. The second-order valence-corrected chi connectivity index (χ2v) is 8.59. The first-order valence-corrected chi connectivity index (χ1v) is 11.6. The number of thioether (sulfide) groups is 1. The van der Waals surface area contributed by atoms with Crippen LogP contribution in [-0.2, 0) is 11.3 Å². The SMILES string of the molecule is CSc1ccc(-c2noc(CN3CCN(CC(=O)Nc4ccc(C)cc4)CC3)n2)cc1. The molecule has 3 aromatic rings. The van der Waals surface area contributed by atoms with Gasteiger partial charge in [-0.2, -0.15) is 4.98 Å². The van der Waals surface area contributed by atoms with Gasteiger partial charge in [0, 0.05) is 42.3 Å². The van der Waals surface area contributed by atoms with E-state index in [2.05, 4.69) is 43.6 Å². The lowest BCUT2D eigenvalue weighted by Gasteiger charge is -2.33. The van der Waals surface area contributed by atoms with Gasteiger partial charge in [-0.15, -0.1) is 11.8 Å². The number of aromatic nitrogens is 2. The molecule has 0 atom stereocenters. The minimum atomic E-state index is 0.0198. The van der Waals surface area contributed by atoms with Gasteiger partial charge in [-0.3, -0.25) is 14.6 Å². The highest BCUT2D eigenvalue weighted by molar-refractivity contribution is 7.98. The number of nitrogens with zero attached hydrogens (tertiary/aromatic N) is 4. The Morgan fingerprint density at radius 3 is 2.39 bits per heavy atom. The fourth-order valence-electron chi connectivity index (χ4n) is 3.51. The van der Waals surface area contributed by atoms with Crippen LogP contribution in [0.3, 0.4) is 0 Å². The van der Waals surface area contributed by atoms with Gasteiger partial charge in [-0.05, 0) is 49.6 Å². The van der Waals surface area contributed by atoms with E-state index in [1.54, 1.807) is 11.8 Å². The van der Waals surface area contributed by atoms with Gasteiger partial charge in [0.1, 0.15) is 0 Å². The number of amides is 1. The number of anilines is 1. The van der Waals surface area contributed by atoms with Gasteiger partial charge in [0.15, 0.2) is 0 Å². The predicted molar refractivity (Wildman–Crippen MR) is 123 cm³/mol. The van der Waals surface area contributed by atoms with Crippen molar-refractivity contribution in [3.63, 3.8) is 0 Å². The van der Waals surface area contributed by atoms with E-state index in [0.29, 0.717) is 24.8 Å². The summed E-state index contributed by atoms with van der Waals surface area (Å²) in [6.07, 6.45) is 2.05. The maximum absolute atomic E-state index is 12.3. The molecule has 2 aromatic carbocycles. The summed E-state index contributed by atoms with van der Waals surface area (Å²) in [5.74, 6) is 1.26. The molecule has 0 spiro atoms. The van der Waals surface area contributed by atoms with Gasteiger partial charge in [-0.1, -0.05) is 22.9 Å². The molecule has 1 fully saturated rings. The molecule has 1 aromatic heterocycles. The van der Waals surface area contributed by atoms with E-state index >= 15 is 0 Å². The minimum absolute atomic E-state index is 0.0198. The summed E-state index contributed by atoms with van der Waals surface area (Å²) in [5.41, 5.74) is 2.97. The second-order valence-electron chi connectivity index (χ2n) is 7.71. The summed E-state index contributed by atoms with van der Waals surface area (Å²) in [6, 6.07) is 16.0. The Kier molecular flexibility index (Phi) is 7.01. The van der Waals surface area contributed by atoms with Gasteiger partial charge in [0.25, 0.3) is 0 Å². The average Bonchev–Trinajstić information content (AvgIpc) is 3.25. The maximum Gasteiger partial charge on any atom is 0.241 e. The molecule has 0 unspecified atom stereocenters. The van der Waals surface area contributed by atoms with E-state index in [4.69, 9.17) is 4.52 Å². The molecule has 7 nitrogen and oxygen atoms in total. The first-order valence-electron chi connectivity index (χ1n) is 10.4. The summed E-state index contributed by atoms with van der Waals surface area (Å²) in [7, 11) is 0. The van der Waals surface area contributed by atoms with Gasteiger partial charge >= 0.3 is 0 Å².